The Labute approximate surface area is 283 Å². The Bertz CT molecular complexity index is 2190. The summed E-state index contributed by atoms with van der Waals surface area (Å²) < 4.78 is 7.12. The predicted octanol–water partition coefficient (Wildman–Crippen LogP) is 9.68. The first kappa shape index (κ1) is 28.5. The molecule has 1 aliphatic heterocycles. The van der Waals surface area contributed by atoms with Gasteiger partial charge in [-0.15, -0.1) is 0 Å². The standard InChI is InChI=1S/C45H42N2O/c1-2-15-29(16-3-1)42-35-21-8-12-27-40(35)46-44(47-42)34-20-5-4-17-30(34)33-22-14-26-39-43(33)48-41-28-13-11-25-38(41)45(39)36-23-9-6-18-31(36)32-19-7-10-24-37(32)45/h6-7,9,11,13-15,18-19,21-23,25-28,31,36H,1-5,8,10,12,16-17,20,24H2. The van der Waals surface area contributed by atoms with Gasteiger partial charge in [-0.3, -0.25) is 0 Å². The molecule has 3 unspecified atom stereocenters. The lowest BCUT2D eigenvalue weighted by atomic mass is 9.60. The monoisotopic (exact) mass is 626 g/mol. The van der Waals surface area contributed by atoms with Gasteiger partial charge in [-0.2, -0.15) is 0 Å². The van der Waals surface area contributed by atoms with Gasteiger partial charge in [-0.1, -0.05) is 96.7 Å². The van der Waals surface area contributed by atoms with Gasteiger partial charge in [0.2, 0.25) is 0 Å². The van der Waals surface area contributed by atoms with E-state index in [-0.39, 0.29) is 5.41 Å². The molecule has 0 amide bonds. The largest absolute Gasteiger partial charge is 0.456 e. The molecule has 1 aromatic heterocycles. The molecule has 0 bridgehead atoms. The Morgan fingerprint density at radius 2 is 1.56 bits per heavy atom. The molecule has 6 aliphatic carbocycles. The van der Waals surface area contributed by atoms with Crippen LogP contribution in [0.1, 0.15) is 105 Å². The number of rotatable bonds is 3. The quantitative estimate of drug-likeness (QED) is 0.290. The Morgan fingerprint density at radius 1 is 0.708 bits per heavy atom. The molecular weight excluding hydrogens is 585 g/mol. The van der Waals surface area contributed by atoms with E-state index in [2.05, 4.69) is 97.1 Å². The predicted molar refractivity (Wildman–Crippen MR) is 196 cm³/mol. The Kier molecular flexibility index (Phi) is 6.71. The van der Waals surface area contributed by atoms with Gasteiger partial charge in [-0.05, 0) is 99.8 Å². The van der Waals surface area contributed by atoms with Crippen LogP contribution in [0.25, 0.3) is 28.9 Å². The van der Waals surface area contributed by atoms with Crippen molar-refractivity contribution in [1.29, 1.82) is 0 Å². The van der Waals surface area contributed by atoms with Crippen LogP contribution in [0, 0.1) is 11.8 Å². The Hall–Kier alpha value is -4.50. The molecule has 2 aromatic carbocycles. The van der Waals surface area contributed by atoms with E-state index in [1.807, 2.05) is 0 Å². The van der Waals surface area contributed by atoms with Gasteiger partial charge in [0.25, 0.3) is 0 Å². The van der Waals surface area contributed by atoms with E-state index in [1.165, 1.54) is 75.6 Å². The van der Waals surface area contributed by atoms with Crippen molar-refractivity contribution in [2.24, 2.45) is 11.8 Å². The van der Waals surface area contributed by atoms with Crippen molar-refractivity contribution < 1.29 is 4.74 Å². The van der Waals surface area contributed by atoms with Crippen LogP contribution in [0.3, 0.4) is 0 Å². The van der Waals surface area contributed by atoms with E-state index < -0.39 is 0 Å². The first-order chi connectivity index (χ1) is 23.8. The highest BCUT2D eigenvalue weighted by Crippen LogP contribution is 2.66. The highest BCUT2D eigenvalue weighted by atomic mass is 16.5. The van der Waals surface area contributed by atoms with Gasteiger partial charge < -0.3 is 4.74 Å². The molecule has 238 valence electrons. The maximum Gasteiger partial charge on any atom is 0.156 e. The van der Waals surface area contributed by atoms with Crippen molar-refractivity contribution in [3.8, 4) is 11.5 Å². The summed E-state index contributed by atoms with van der Waals surface area (Å²) in [5.41, 5.74) is 12.0. The number of ether oxygens (including phenoxy) is 1. The number of aromatic nitrogens is 2. The second-order valence-electron chi connectivity index (χ2n) is 14.6. The van der Waals surface area contributed by atoms with Gasteiger partial charge >= 0.3 is 0 Å². The molecule has 0 saturated carbocycles. The zero-order valence-electron chi connectivity index (χ0n) is 27.7. The van der Waals surface area contributed by atoms with Crippen molar-refractivity contribution >= 4 is 28.9 Å². The number of hydrogen-bond acceptors (Lipinski definition) is 3. The molecule has 3 atom stereocenters. The summed E-state index contributed by atoms with van der Waals surface area (Å²) in [6.45, 7) is 0. The molecule has 10 rings (SSSR count). The van der Waals surface area contributed by atoms with Gasteiger partial charge in [-0.25, -0.2) is 9.97 Å². The molecule has 3 nitrogen and oxygen atoms in total. The van der Waals surface area contributed by atoms with Gasteiger partial charge in [0.15, 0.2) is 5.82 Å². The topological polar surface area (TPSA) is 35.0 Å². The van der Waals surface area contributed by atoms with E-state index in [1.54, 1.807) is 5.57 Å². The average Bonchev–Trinajstić information content (AvgIpc) is 3.45. The lowest BCUT2D eigenvalue weighted by Crippen LogP contribution is -2.39. The number of hydrogen-bond donors (Lipinski definition) is 0. The van der Waals surface area contributed by atoms with Crippen molar-refractivity contribution in [2.75, 3.05) is 0 Å². The van der Waals surface area contributed by atoms with Crippen LogP contribution in [0.2, 0.25) is 0 Å². The molecule has 0 N–H and O–H groups in total. The summed E-state index contributed by atoms with van der Waals surface area (Å²) in [7, 11) is 0. The van der Waals surface area contributed by atoms with E-state index in [4.69, 9.17) is 14.7 Å². The third kappa shape index (κ3) is 4.12. The van der Waals surface area contributed by atoms with Crippen molar-refractivity contribution in [3.05, 3.63) is 135 Å². The lowest BCUT2D eigenvalue weighted by molar-refractivity contribution is 0.353. The summed E-state index contributed by atoms with van der Waals surface area (Å²) in [5, 5.41) is 2.38. The first-order valence-electron chi connectivity index (χ1n) is 18.5. The maximum absolute atomic E-state index is 7.12. The molecule has 1 spiro atoms. The highest BCUT2D eigenvalue weighted by Gasteiger charge is 2.57. The number of benzene rings is 2. The normalized spacial score (nSPS) is 26.5. The number of allylic oxidation sites excluding steroid dienone is 12. The van der Waals surface area contributed by atoms with E-state index in [0.29, 0.717) is 11.8 Å². The fourth-order valence-electron chi connectivity index (χ4n) is 10.1. The molecule has 3 aromatic rings. The minimum atomic E-state index is -0.255. The minimum absolute atomic E-state index is 0.255. The van der Waals surface area contributed by atoms with Crippen molar-refractivity contribution in [3.63, 3.8) is 0 Å². The maximum atomic E-state index is 7.12. The van der Waals surface area contributed by atoms with Crippen LogP contribution in [0.15, 0.2) is 96.1 Å². The second kappa shape index (κ2) is 11.3. The first-order valence-corrected chi connectivity index (χ1v) is 18.5. The van der Waals surface area contributed by atoms with E-state index in [0.717, 1.165) is 74.0 Å². The summed E-state index contributed by atoms with van der Waals surface area (Å²) in [5.74, 6) is 3.67. The lowest BCUT2D eigenvalue weighted by Gasteiger charge is -2.45. The number of fused-ring (bicyclic) bond motifs is 9. The number of nitrogens with zero attached hydrogens (tertiary/aromatic N) is 2. The van der Waals surface area contributed by atoms with E-state index in [9.17, 15) is 0 Å². The van der Waals surface area contributed by atoms with Crippen LogP contribution in [-0.2, 0) is 5.41 Å². The molecular formula is C45H42N2O. The van der Waals surface area contributed by atoms with Crippen LogP contribution in [0.5, 0.6) is 11.5 Å². The van der Waals surface area contributed by atoms with Crippen LogP contribution >= 0.6 is 0 Å². The second-order valence-corrected chi connectivity index (χ2v) is 14.6. The third-order valence-corrected chi connectivity index (χ3v) is 12.1. The fraction of sp³-hybridized carbons (Fsp3) is 0.333. The summed E-state index contributed by atoms with van der Waals surface area (Å²) in [6.07, 6.45) is 34.9. The van der Waals surface area contributed by atoms with E-state index >= 15 is 0 Å². The zero-order valence-corrected chi connectivity index (χ0v) is 27.7. The summed E-state index contributed by atoms with van der Waals surface area (Å²) >= 11 is 0. The van der Waals surface area contributed by atoms with Gasteiger partial charge in [0.1, 0.15) is 11.5 Å². The summed E-state index contributed by atoms with van der Waals surface area (Å²) in [4.78, 5) is 10.8. The van der Waals surface area contributed by atoms with Crippen molar-refractivity contribution in [1.82, 2.24) is 9.97 Å². The van der Waals surface area contributed by atoms with Gasteiger partial charge in [0.05, 0.1) is 16.5 Å². The summed E-state index contributed by atoms with van der Waals surface area (Å²) in [6, 6.07) is 15.9. The molecule has 0 saturated heterocycles. The smallest absolute Gasteiger partial charge is 0.156 e. The average molecular weight is 627 g/mol. The zero-order chi connectivity index (χ0) is 31.7. The Morgan fingerprint density at radius 3 is 2.50 bits per heavy atom. The molecule has 2 heterocycles. The third-order valence-electron chi connectivity index (χ3n) is 12.1. The molecule has 3 heteroatoms. The fourth-order valence-corrected chi connectivity index (χ4v) is 10.1. The SMILES string of the molecule is C1=CC2C3=C(CCC=C3)C3(c4ccccc4Oc4c(C5=C(c6nc(C7=CCCCC7)c7c(n6)=CCCC=7)CCCC5)cccc43)C2C=C1. The van der Waals surface area contributed by atoms with Crippen LogP contribution < -0.4 is 15.3 Å². The van der Waals surface area contributed by atoms with Crippen molar-refractivity contribution in [2.45, 2.75) is 82.5 Å². The molecule has 0 radical (unpaired) electrons. The highest BCUT2D eigenvalue weighted by molar-refractivity contribution is 5.93. The van der Waals surface area contributed by atoms with Gasteiger partial charge in [0, 0.05) is 39.3 Å². The molecule has 0 fully saturated rings. The minimum Gasteiger partial charge on any atom is -0.456 e. The number of para-hydroxylation sites is 2. The molecule has 48 heavy (non-hydrogen) atoms. The van der Waals surface area contributed by atoms with Crippen LogP contribution in [0.4, 0.5) is 0 Å². The Balaban J connectivity index is 1.22. The van der Waals surface area contributed by atoms with Crippen LogP contribution in [-0.4, -0.2) is 9.97 Å². The molecule has 7 aliphatic rings.